The maximum atomic E-state index is 4.47. The largest absolute Gasteiger partial charge is 0.340 e. The smallest absolute Gasteiger partial charge is 0.134 e. The van der Waals surface area contributed by atoms with Crippen LogP contribution in [0.4, 0.5) is 11.5 Å². The first-order valence-corrected chi connectivity index (χ1v) is 7.29. The highest BCUT2D eigenvalue weighted by Crippen LogP contribution is 2.23. The molecule has 0 aliphatic rings. The zero-order valence-electron chi connectivity index (χ0n) is 11.4. The van der Waals surface area contributed by atoms with Crippen molar-refractivity contribution in [3.63, 3.8) is 0 Å². The van der Waals surface area contributed by atoms with E-state index in [-0.39, 0.29) is 0 Å². The Morgan fingerprint density at radius 2 is 1.81 bits per heavy atom. The van der Waals surface area contributed by atoms with Crippen LogP contribution < -0.4 is 5.32 Å². The molecule has 0 saturated carbocycles. The quantitative estimate of drug-likeness (QED) is 0.769. The van der Waals surface area contributed by atoms with E-state index in [0.29, 0.717) is 5.82 Å². The van der Waals surface area contributed by atoms with E-state index >= 15 is 0 Å². The van der Waals surface area contributed by atoms with Crippen molar-refractivity contribution in [2.75, 3.05) is 5.32 Å². The predicted octanol–water partition coefficient (Wildman–Crippen LogP) is 4.35. The number of hydrogen-bond acceptors (Lipinski definition) is 4. The molecular weight excluding hydrogens is 328 g/mol. The van der Waals surface area contributed by atoms with E-state index in [0.717, 1.165) is 27.2 Å². The van der Waals surface area contributed by atoms with Crippen molar-refractivity contribution in [3.8, 4) is 11.3 Å². The number of benzene rings is 1. The molecule has 0 unspecified atom stereocenters. The number of rotatable bonds is 3. The van der Waals surface area contributed by atoms with Crippen molar-refractivity contribution >= 4 is 27.4 Å². The van der Waals surface area contributed by atoms with Crippen LogP contribution in [0.2, 0.25) is 0 Å². The third-order valence-corrected chi connectivity index (χ3v) is 3.32. The number of nitrogens with zero attached hydrogens (tertiary/aromatic N) is 3. The highest BCUT2D eigenvalue weighted by atomic mass is 79.9. The van der Waals surface area contributed by atoms with Gasteiger partial charge in [0.25, 0.3) is 0 Å². The fraction of sp³-hybridized carbons (Fsp3) is 0.0625. The molecule has 3 aromatic rings. The molecule has 104 valence electrons. The number of halogens is 1. The monoisotopic (exact) mass is 340 g/mol. The van der Waals surface area contributed by atoms with Gasteiger partial charge in [-0.05, 0) is 41.1 Å². The SMILES string of the molecule is Cc1nc(Nc2ccccc2)cc(-c2cncc(Br)c2)n1. The fourth-order valence-corrected chi connectivity index (χ4v) is 2.37. The van der Waals surface area contributed by atoms with E-state index in [4.69, 9.17) is 0 Å². The van der Waals surface area contributed by atoms with Gasteiger partial charge in [-0.3, -0.25) is 4.98 Å². The van der Waals surface area contributed by atoms with E-state index in [1.54, 1.807) is 12.4 Å². The summed E-state index contributed by atoms with van der Waals surface area (Å²) in [6.07, 6.45) is 3.54. The summed E-state index contributed by atoms with van der Waals surface area (Å²) in [7, 11) is 0. The van der Waals surface area contributed by atoms with Crippen molar-refractivity contribution in [1.82, 2.24) is 15.0 Å². The molecule has 0 amide bonds. The molecule has 0 atom stereocenters. The number of aromatic nitrogens is 3. The van der Waals surface area contributed by atoms with Gasteiger partial charge in [0.15, 0.2) is 0 Å². The van der Waals surface area contributed by atoms with Crippen molar-refractivity contribution in [2.24, 2.45) is 0 Å². The molecule has 2 aromatic heterocycles. The summed E-state index contributed by atoms with van der Waals surface area (Å²) in [5, 5.41) is 3.29. The first-order chi connectivity index (χ1) is 10.2. The molecule has 4 nitrogen and oxygen atoms in total. The van der Waals surface area contributed by atoms with Gasteiger partial charge in [0.2, 0.25) is 0 Å². The van der Waals surface area contributed by atoms with E-state index < -0.39 is 0 Å². The van der Waals surface area contributed by atoms with Crippen LogP contribution in [0, 0.1) is 6.92 Å². The Morgan fingerprint density at radius 3 is 2.57 bits per heavy atom. The Kier molecular flexibility index (Phi) is 3.92. The Morgan fingerprint density at radius 1 is 1.00 bits per heavy atom. The summed E-state index contributed by atoms with van der Waals surface area (Å²) < 4.78 is 0.925. The maximum Gasteiger partial charge on any atom is 0.134 e. The van der Waals surface area contributed by atoms with Crippen LogP contribution in [0.15, 0.2) is 59.3 Å². The number of nitrogens with one attached hydrogen (secondary N) is 1. The molecule has 0 saturated heterocycles. The molecule has 3 rings (SSSR count). The van der Waals surface area contributed by atoms with Gasteiger partial charge in [0.1, 0.15) is 11.6 Å². The zero-order chi connectivity index (χ0) is 14.7. The molecule has 0 aliphatic carbocycles. The number of aryl methyl sites for hydroxylation is 1. The fourth-order valence-electron chi connectivity index (χ4n) is 2.00. The maximum absolute atomic E-state index is 4.47. The van der Waals surface area contributed by atoms with Crippen molar-refractivity contribution < 1.29 is 0 Å². The van der Waals surface area contributed by atoms with Gasteiger partial charge in [-0.1, -0.05) is 18.2 Å². The Balaban J connectivity index is 1.97. The Hall–Kier alpha value is -2.27. The summed E-state index contributed by atoms with van der Waals surface area (Å²) >= 11 is 3.43. The van der Waals surface area contributed by atoms with Gasteiger partial charge < -0.3 is 5.32 Å². The van der Waals surface area contributed by atoms with Crippen LogP contribution in [0.1, 0.15) is 5.82 Å². The van der Waals surface area contributed by atoms with Crippen LogP contribution in [-0.4, -0.2) is 15.0 Å². The van der Waals surface area contributed by atoms with Crippen LogP contribution in [0.3, 0.4) is 0 Å². The lowest BCUT2D eigenvalue weighted by Gasteiger charge is -2.08. The van der Waals surface area contributed by atoms with Crippen molar-refractivity contribution in [2.45, 2.75) is 6.92 Å². The lowest BCUT2D eigenvalue weighted by atomic mass is 10.2. The molecule has 1 aromatic carbocycles. The number of hydrogen-bond donors (Lipinski definition) is 1. The van der Waals surface area contributed by atoms with Gasteiger partial charge in [-0.15, -0.1) is 0 Å². The first-order valence-electron chi connectivity index (χ1n) is 6.49. The van der Waals surface area contributed by atoms with Gasteiger partial charge in [-0.25, -0.2) is 9.97 Å². The Labute approximate surface area is 131 Å². The van der Waals surface area contributed by atoms with Gasteiger partial charge >= 0.3 is 0 Å². The molecule has 2 heterocycles. The molecule has 5 heteroatoms. The second kappa shape index (κ2) is 6.01. The van der Waals surface area contributed by atoms with Gasteiger partial charge in [-0.2, -0.15) is 0 Å². The topological polar surface area (TPSA) is 50.7 Å². The predicted molar refractivity (Wildman–Crippen MR) is 87.4 cm³/mol. The van der Waals surface area contributed by atoms with Crippen LogP contribution in [0.5, 0.6) is 0 Å². The molecule has 0 spiro atoms. The standard InChI is InChI=1S/C16H13BrN4/c1-11-19-15(12-7-13(17)10-18-9-12)8-16(20-11)21-14-5-3-2-4-6-14/h2-10H,1H3,(H,19,20,21). The second-order valence-corrected chi connectivity index (χ2v) is 5.48. The lowest BCUT2D eigenvalue weighted by molar-refractivity contribution is 1.06. The highest BCUT2D eigenvalue weighted by molar-refractivity contribution is 9.10. The third-order valence-electron chi connectivity index (χ3n) is 2.88. The second-order valence-electron chi connectivity index (χ2n) is 4.57. The normalized spacial score (nSPS) is 10.4. The van der Waals surface area contributed by atoms with Crippen molar-refractivity contribution in [1.29, 1.82) is 0 Å². The van der Waals surface area contributed by atoms with E-state index in [2.05, 4.69) is 36.2 Å². The van der Waals surface area contributed by atoms with Crippen LogP contribution >= 0.6 is 15.9 Å². The molecule has 0 bridgehead atoms. The molecule has 0 aliphatic heterocycles. The van der Waals surface area contributed by atoms with E-state index in [9.17, 15) is 0 Å². The number of pyridine rings is 1. The number of para-hydroxylation sites is 1. The lowest BCUT2D eigenvalue weighted by Crippen LogP contribution is -1.99. The zero-order valence-corrected chi connectivity index (χ0v) is 13.0. The van der Waals surface area contributed by atoms with Crippen LogP contribution in [-0.2, 0) is 0 Å². The Bertz CT molecular complexity index is 759. The van der Waals surface area contributed by atoms with E-state index in [1.165, 1.54) is 0 Å². The van der Waals surface area contributed by atoms with Crippen LogP contribution in [0.25, 0.3) is 11.3 Å². The average Bonchev–Trinajstić information content (AvgIpc) is 2.48. The molecule has 0 fully saturated rings. The average molecular weight is 341 g/mol. The molecule has 1 N–H and O–H groups in total. The number of anilines is 2. The summed E-state index contributed by atoms with van der Waals surface area (Å²) in [6, 6.07) is 13.8. The third kappa shape index (κ3) is 3.44. The molecular formula is C16H13BrN4. The van der Waals surface area contributed by atoms with E-state index in [1.807, 2.05) is 49.4 Å². The highest BCUT2D eigenvalue weighted by Gasteiger charge is 2.06. The first kappa shape index (κ1) is 13.7. The van der Waals surface area contributed by atoms with Crippen molar-refractivity contribution in [3.05, 3.63) is 65.2 Å². The minimum atomic E-state index is 0.714. The summed E-state index contributed by atoms with van der Waals surface area (Å²) in [4.78, 5) is 13.1. The minimum absolute atomic E-state index is 0.714. The summed E-state index contributed by atoms with van der Waals surface area (Å²) in [5.41, 5.74) is 2.79. The minimum Gasteiger partial charge on any atom is -0.340 e. The molecule has 0 radical (unpaired) electrons. The van der Waals surface area contributed by atoms with Gasteiger partial charge in [0, 0.05) is 34.2 Å². The summed E-state index contributed by atoms with van der Waals surface area (Å²) in [6.45, 7) is 1.88. The molecule has 21 heavy (non-hydrogen) atoms. The summed E-state index contributed by atoms with van der Waals surface area (Å²) in [5.74, 6) is 1.48. The van der Waals surface area contributed by atoms with Gasteiger partial charge in [0.05, 0.1) is 5.69 Å².